The number of esters is 1. The van der Waals surface area contributed by atoms with Crippen LogP contribution in [0.4, 0.5) is 0 Å². The Bertz CT molecular complexity index is 541. The fourth-order valence-corrected chi connectivity index (χ4v) is 2.95. The molecule has 0 aromatic heterocycles. The Morgan fingerprint density at radius 3 is 2.39 bits per heavy atom. The Morgan fingerprint density at radius 2 is 2.04 bits per heavy atom. The van der Waals surface area contributed by atoms with Gasteiger partial charge in [0.25, 0.3) is 5.91 Å². The number of rotatable bonds is 7. The van der Waals surface area contributed by atoms with Crippen molar-refractivity contribution in [3.05, 3.63) is 0 Å². The monoisotopic (exact) mass is 366 g/mol. The number of likely N-dealkylation sites (tertiary alicyclic amines) is 1. The number of β-lactam (4-membered cyclic amide) rings is 1. The number of carboxylic acids is 1. The molecule has 1 rings (SSSR count). The molecule has 2 N–H and O–H groups in total. The number of nitrogens with one attached hydrogen (secondary N) is 1. The molecule has 2 unspecified atom stereocenters. The van der Waals surface area contributed by atoms with Crippen LogP contribution in [0, 0.1) is 0 Å². The number of halogens is 1. The van der Waals surface area contributed by atoms with Crippen molar-refractivity contribution in [3.8, 4) is 0 Å². The fraction of sp³-hybridized carbons (Fsp3) is 0.692. The maximum absolute atomic E-state index is 12.3. The van der Waals surface area contributed by atoms with Crippen LogP contribution in [0.5, 0.6) is 0 Å². The molecule has 0 spiro atoms. The molecule has 0 bridgehead atoms. The minimum absolute atomic E-state index is 0.0922. The van der Waals surface area contributed by atoms with Crippen molar-refractivity contribution in [2.45, 2.75) is 50.6 Å². The summed E-state index contributed by atoms with van der Waals surface area (Å²) in [4.78, 5) is 47.9. The minimum Gasteiger partial charge on any atom is -0.477 e. The van der Waals surface area contributed by atoms with Gasteiger partial charge in [0, 0.05) is 13.3 Å². The van der Waals surface area contributed by atoms with Gasteiger partial charge in [0.2, 0.25) is 5.91 Å². The average molecular weight is 367 g/mol. The molecular weight excluding hydrogens is 348 g/mol. The average Bonchev–Trinajstić information content (AvgIpc) is 2.47. The standard InChI is InChI=1S/C13H19ClN2O6S/c1-5-9(18)15-8-6-16(10(8)19)13(11(20)21,22-7(2)17)12(3,4)23-14/h8H,5-6H2,1-4H3,(H,15,18)(H,20,21). The molecule has 23 heavy (non-hydrogen) atoms. The van der Waals surface area contributed by atoms with Crippen LogP contribution in [0.25, 0.3) is 0 Å². The van der Waals surface area contributed by atoms with E-state index in [1.54, 1.807) is 6.92 Å². The summed E-state index contributed by atoms with van der Waals surface area (Å²) in [5.74, 6) is -3.35. The summed E-state index contributed by atoms with van der Waals surface area (Å²) in [5.41, 5.74) is -2.27. The second-order valence-corrected chi connectivity index (χ2v) is 7.19. The first-order valence-electron chi connectivity index (χ1n) is 6.87. The number of hydrogen-bond donors (Lipinski definition) is 2. The molecule has 10 heteroatoms. The quantitative estimate of drug-likeness (QED) is 0.504. The van der Waals surface area contributed by atoms with Crippen LogP contribution < -0.4 is 5.32 Å². The highest BCUT2D eigenvalue weighted by molar-refractivity contribution is 8.22. The molecule has 1 aliphatic rings. The predicted molar refractivity (Wildman–Crippen MR) is 83.6 cm³/mol. The van der Waals surface area contributed by atoms with Crippen molar-refractivity contribution >= 4 is 45.4 Å². The zero-order chi connectivity index (χ0) is 18.0. The number of amides is 2. The van der Waals surface area contributed by atoms with E-state index in [-0.39, 0.29) is 18.9 Å². The van der Waals surface area contributed by atoms with Crippen molar-refractivity contribution in [1.82, 2.24) is 10.2 Å². The van der Waals surface area contributed by atoms with Crippen LogP contribution in [0.3, 0.4) is 0 Å². The third-order valence-corrected chi connectivity index (χ3v) is 5.38. The smallest absolute Gasteiger partial charge is 0.371 e. The summed E-state index contributed by atoms with van der Waals surface area (Å²) in [6, 6.07) is -0.840. The minimum atomic E-state index is -2.27. The zero-order valence-electron chi connectivity index (χ0n) is 13.2. The maximum Gasteiger partial charge on any atom is 0.371 e. The lowest BCUT2D eigenvalue weighted by molar-refractivity contribution is -0.220. The van der Waals surface area contributed by atoms with Gasteiger partial charge in [-0.2, -0.15) is 0 Å². The molecule has 1 saturated heterocycles. The lowest BCUT2D eigenvalue weighted by atomic mass is 9.90. The van der Waals surface area contributed by atoms with E-state index < -0.39 is 34.4 Å². The van der Waals surface area contributed by atoms with Crippen LogP contribution in [0.1, 0.15) is 34.1 Å². The molecule has 1 fully saturated rings. The van der Waals surface area contributed by atoms with Gasteiger partial charge in [-0.3, -0.25) is 19.3 Å². The molecule has 1 aliphatic heterocycles. The third kappa shape index (κ3) is 3.40. The van der Waals surface area contributed by atoms with Gasteiger partial charge in [0.15, 0.2) is 0 Å². The predicted octanol–water partition coefficient (Wildman–Crippen LogP) is 0.733. The number of aliphatic carboxylic acids is 1. The van der Waals surface area contributed by atoms with Gasteiger partial charge >= 0.3 is 17.7 Å². The van der Waals surface area contributed by atoms with Gasteiger partial charge in [0.1, 0.15) is 6.04 Å². The first kappa shape index (κ1) is 19.6. The molecule has 130 valence electrons. The summed E-state index contributed by atoms with van der Waals surface area (Å²) in [7, 11) is 6.41. The van der Waals surface area contributed by atoms with Crippen LogP contribution in [0.2, 0.25) is 0 Å². The molecule has 0 aliphatic carbocycles. The van der Waals surface area contributed by atoms with Gasteiger partial charge in [-0.05, 0) is 35.5 Å². The van der Waals surface area contributed by atoms with Gasteiger partial charge in [-0.15, -0.1) is 0 Å². The maximum atomic E-state index is 12.3. The van der Waals surface area contributed by atoms with Gasteiger partial charge in [-0.1, -0.05) is 6.92 Å². The molecule has 8 nitrogen and oxygen atoms in total. The lowest BCUT2D eigenvalue weighted by Gasteiger charge is -2.52. The zero-order valence-corrected chi connectivity index (χ0v) is 14.8. The number of ether oxygens (including phenoxy) is 1. The molecule has 2 amide bonds. The number of nitrogens with zero attached hydrogens (tertiary/aromatic N) is 1. The van der Waals surface area contributed by atoms with E-state index in [1.807, 2.05) is 0 Å². The first-order chi connectivity index (χ1) is 10.5. The van der Waals surface area contributed by atoms with Gasteiger partial charge < -0.3 is 15.2 Å². The second-order valence-electron chi connectivity index (χ2n) is 5.55. The number of hydrogen-bond acceptors (Lipinski definition) is 6. The largest absolute Gasteiger partial charge is 0.477 e. The summed E-state index contributed by atoms with van der Waals surface area (Å²) < 4.78 is 3.73. The summed E-state index contributed by atoms with van der Waals surface area (Å²) in [5, 5.41) is 12.2. The second kappa shape index (κ2) is 6.96. The molecule has 0 aromatic rings. The highest BCUT2D eigenvalue weighted by Crippen LogP contribution is 2.45. The highest BCUT2D eigenvalue weighted by Gasteiger charge is 2.65. The Hall–Kier alpha value is -1.48. The Kier molecular flexibility index (Phi) is 5.92. The van der Waals surface area contributed by atoms with E-state index in [0.29, 0.717) is 11.0 Å². The van der Waals surface area contributed by atoms with E-state index in [4.69, 9.17) is 15.4 Å². The molecular formula is C13H19ClN2O6S. The fourth-order valence-electron chi connectivity index (χ4n) is 2.29. The normalized spacial score (nSPS) is 20.3. The number of carboxylic acid groups (broad SMARTS) is 1. The summed E-state index contributed by atoms with van der Waals surface area (Å²) in [6.45, 7) is 5.49. The van der Waals surface area contributed by atoms with Crippen LogP contribution in [-0.2, 0) is 23.9 Å². The Morgan fingerprint density at radius 1 is 1.48 bits per heavy atom. The van der Waals surface area contributed by atoms with Gasteiger partial charge in [0.05, 0.1) is 11.3 Å². The highest BCUT2D eigenvalue weighted by atomic mass is 35.7. The molecule has 2 atom stereocenters. The Labute approximate surface area is 142 Å². The van der Waals surface area contributed by atoms with E-state index in [9.17, 15) is 24.3 Å². The van der Waals surface area contributed by atoms with Crippen LogP contribution in [0.15, 0.2) is 0 Å². The van der Waals surface area contributed by atoms with Crippen LogP contribution in [-0.4, -0.2) is 56.8 Å². The number of carbonyl (C=O) groups is 4. The van der Waals surface area contributed by atoms with E-state index >= 15 is 0 Å². The molecule has 1 heterocycles. The van der Waals surface area contributed by atoms with E-state index in [2.05, 4.69) is 5.32 Å². The van der Waals surface area contributed by atoms with Crippen molar-refractivity contribution in [2.24, 2.45) is 0 Å². The summed E-state index contributed by atoms with van der Waals surface area (Å²) in [6.07, 6.45) is 0.195. The van der Waals surface area contributed by atoms with Crippen molar-refractivity contribution in [3.63, 3.8) is 0 Å². The third-order valence-electron chi connectivity index (χ3n) is 3.56. The van der Waals surface area contributed by atoms with Crippen molar-refractivity contribution < 1.29 is 29.0 Å². The Balaban J connectivity index is 3.18. The molecule has 0 radical (unpaired) electrons. The molecule has 0 saturated carbocycles. The van der Waals surface area contributed by atoms with Gasteiger partial charge in [-0.25, -0.2) is 4.79 Å². The molecule has 0 aromatic carbocycles. The van der Waals surface area contributed by atoms with E-state index in [0.717, 1.165) is 11.8 Å². The summed E-state index contributed by atoms with van der Waals surface area (Å²) >= 11 is 0. The lowest BCUT2D eigenvalue weighted by Crippen LogP contribution is -2.78. The van der Waals surface area contributed by atoms with E-state index in [1.165, 1.54) is 13.8 Å². The number of carbonyl (C=O) groups excluding carboxylic acids is 3. The van der Waals surface area contributed by atoms with Crippen molar-refractivity contribution in [1.29, 1.82) is 0 Å². The van der Waals surface area contributed by atoms with Crippen LogP contribution >= 0.6 is 21.7 Å². The van der Waals surface area contributed by atoms with Crippen molar-refractivity contribution in [2.75, 3.05) is 6.54 Å². The topological polar surface area (TPSA) is 113 Å². The first-order valence-corrected chi connectivity index (χ1v) is 8.51. The SMILES string of the molecule is CCC(=O)NC1CN(C(OC(C)=O)(C(=O)O)C(C)(C)SCl)C1=O.